The molecule has 2 heterocycles. The van der Waals surface area contributed by atoms with Crippen molar-refractivity contribution in [1.82, 2.24) is 9.97 Å². The quantitative estimate of drug-likeness (QED) is 0.798. The van der Waals surface area contributed by atoms with E-state index in [1.165, 1.54) is 6.20 Å². The Morgan fingerprint density at radius 1 is 1.33 bits per heavy atom. The Kier molecular flexibility index (Phi) is 3.89. The van der Waals surface area contributed by atoms with Gasteiger partial charge in [-0.25, -0.2) is 4.98 Å². The molecular weight excluding hydrogens is 250 g/mol. The number of halogens is 1. The van der Waals surface area contributed by atoms with E-state index in [0.29, 0.717) is 17.3 Å². The summed E-state index contributed by atoms with van der Waals surface area (Å²) in [5.41, 5.74) is 1.27. The maximum absolute atomic E-state index is 12.3. The maximum atomic E-state index is 12.3. The summed E-state index contributed by atoms with van der Waals surface area (Å²) in [6.45, 7) is 2.47. The zero-order valence-corrected chi connectivity index (χ0v) is 10.6. The van der Waals surface area contributed by atoms with Crippen molar-refractivity contribution in [2.45, 2.75) is 6.92 Å². The van der Waals surface area contributed by atoms with Crippen LogP contribution in [-0.2, 0) is 0 Å². The highest BCUT2D eigenvalue weighted by Gasteiger charge is 2.16. The molecule has 0 saturated heterocycles. The highest BCUT2D eigenvalue weighted by molar-refractivity contribution is 6.29. The molecular formula is C13H12ClN3O. The second kappa shape index (κ2) is 5.60. The van der Waals surface area contributed by atoms with E-state index >= 15 is 0 Å². The molecule has 1 amide bonds. The molecule has 0 aliphatic carbocycles. The molecule has 0 aliphatic rings. The Hall–Kier alpha value is -1.94. The average Bonchev–Trinajstić information content (AvgIpc) is 2.41. The van der Waals surface area contributed by atoms with Crippen molar-refractivity contribution < 1.29 is 4.79 Å². The fraction of sp³-hybridized carbons (Fsp3) is 0.154. The molecule has 0 unspecified atom stereocenters. The fourth-order valence-corrected chi connectivity index (χ4v) is 1.73. The van der Waals surface area contributed by atoms with Crippen LogP contribution >= 0.6 is 11.6 Å². The zero-order valence-electron chi connectivity index (χ0n) is 9.88. The molecule has 5 heteroatoms. The lowest BCUT2D eigenvalue weighted by atomic mass is 10.2. The van der Waals surface area contributed by atoms with Gasteiger partial charge in [0.15, 0.2) is 0 Å². The number of carbonyl (C=O) groups is 1. The molecule has 0 bridgehead atoms. The second-order valence-corrected chi connectivity index (χ2v) is 4.02. The number of amides is 1. The summed E-state index contributed by atoms with van der Waals surface area (Å²) < 4.78 is 0. The number of carbonyl (C=O) groups excluding carboxylic acids is 1. The van der Waals surface area contributed by atoms with Crippen molar-refractivity contribution in [3.8, 4) is 0 Å². The normalized spacial score (nSPS) is 10.1. The molecule has 0 aliphatic heterocycles. The first kappa shape index (κ1) is 12.5. The lowest BCUT2D eigenvalue weighted by Gasteiger charge is -2.20. The first-order chi connectivity index (χ1) is 8.72. The Morgan fingerprint density at radius 3 is 2.72 bits per heavy atom. The van der Waals surface area contributed by atoms with Gasteiger partial charge in [0.1, 0.15) is 5.15 Å². The second-order valence-electron chi connectivity index (χ2n) is 3.63. The third-order valence-corrected chi connectivity index (χ3v) is 2.72. The summed E-state index contributed by atoms with van der Waals surface area (Å²) in [5.74, 6) is -0.116. The predicted octanol–water partition coefficient (Wildman–Crippen LogP) is 2.80. The van der Waals surface area contributed by atoms with Crippen LogP contribution in [0.4, 0.5) is 5.69 Å². The van der Waals surface area contributed by atoms with E-state index in [1.54, 1.807) is 35.5 Å². The average molecular weight is 262 g/mol. The summed E-state index contributed by atoms with van der Waals surface area (Å²) in [6, 6.07) is 6.91. The lowest BCUT2D eigenvalue weighted by molar-refractivity contribution is 0.0988. The molecule has 0 saturated carbocycles. The standard InChI is InChI=1S/C13H12ClN3O/c1-2-17(11-4-3-7-15-9-11)13(18)10-5-6-12(14)16-8-10/h3-9H,2H2,1H3. The van der Waals surface area contributed by atoms with Crippen molar-refractivity contribution in [3.05, 3.63) is 53.6 Å². The van der Waals surface area contributed by atoms with Crippen molar-refractivity contribution in [2.24, 2.45) is 0 Å². The smallest absolute Gasteiger partial charge is 0.259 e. The number of hydrogen-bond acceptors (Lipinski definition) is 3. The van der Waals surface area contributed by atoms with Crippen LogP contribution in [-0.4, -0.2) is 22.4 Å². The summed E-state index contributed by atoms with van der Waals surface area (Å²) in [7, 11) is 0. The van der Waals surface area contributed by atoms with Gasteiger partial charge in [-0.05, 0) is 31.2 Å². The zero-order chi connectivity index (χ0) is 13.0. The van der Waals surface area contributed by atoms with E-state index in [4.69, 9.17) is 11.6 Å². The van der Waals surface area contributed by atoms with Gasteiger partial charge in [0, 0.05) is 18.9 Å². The van der Waals surface area contributed by atoms with Gasteiger partial charge in [-0.3, -0.25) is 9.78 Å². The van der Waals surface area contributed by atoms with Crippen molar-refractivity contribution in [2.75, 3.05) is 11.4 Å². The number of nitrogens with zero attached hydrogens (tertiary/aromatic N) is 3. The van der Waals surface area contributed by atoms with Gasteiger partial charge in [0.05, 0.1) is 17.4 Å². The number of hydrogen-bond donors (Lipinski definition) is 0. The fourth-order valence-electron chi connectivity index (χ4n) is 1.62. The summed E-state index contributed by atoms with van der Waals surface area (Å²) in [5, 5.41) is 0.371. The molecule has 92 valence electrons. The van der Waals surface area contributed by atoms with Gasteiger partial charge in [0.25, 0.3) is 5.91 Å². The molecule has 2 rings (SSSR count). The number of aromatic nitrogens is 2. The summed E-state index contributed by atoms with van der Waals surface area (Å²) in [6.07, 6.45) is 4.81. The molecule has 0 aromatic carbocycles. The van der Waals surface area contributed by atoms with Crippen LogP contribution in [0.3, 0.4) is 0 Å². The molecule has 2 aromatic heterocycles. The first-order valence-electron chi connectivity index (χ1n) is 5.56. The molecule has 18 heavy (non-hydrogen) atoms. The van der Waals surface area contributed by atoms with Gasteiger partial charge < -0.3 is 4.90 Å². The number of anilines is 1. The SMILES string of the molecule is CCN(C(=O)c1ccc(Cl)nc1)c1cccnc1. The van der Waals surface area contributed by atoms with E-state index in [9.17, 15) is 4.79 Å². The lowest BCUT2D eigenvalue weighted by Crippen LogP contribution is -2.30. The van der Waals surface area contributed by atoms with Gasteiger partial charge in [-0.1, -0.05) is 11.6 Å². The predicted molar refractivity (Wildman–Crippen MR) is 70.8 cm³/mol. The van der Waals surface area contributed by atoms with Crippen LogP contribution in [0, 0.1) is 0 Å². The van der Waals surface area contributed by atoms with Gasteiger partial charge in [0.2, 0.25) is 0 Å². The minimum atomic E-state index is -0.116. The number of rotatable bonds is 3. The first-order valence-corrected chi connectivity index (χ1v) is 5.93. The maximum Gasteiger partial charge on any atom is 0.259 e. The molecule has 2 aromatic rings. The van der Waals surface area contributed by atoms with Crippen LogP contribution in [0.25, 0.3) is 0 Å². The number of pyridine rings is 2. The molecule has 0 spiro atoms. The molecule has 0 radical (unpaired) electrons. The van der Waals surface area contributed by atoms with Gasteiger partial charge in [-0.2, -0.15) is 0 Å². The Balaban J connectivity index is 2.28. The molecule has 0 atom stereocenters. The Bertz CT molecular complexity index is 528. The van der Waals surface area contributed by atoms with Crippen LogP contribution in [0.5, 0.6) is 0 Å². The van der Waals surface area contributed by atoms with Crippen LogP contribution < -0.4 is 4.90 Å². The Morgan fingerprint density at radius 2 is 2.17 bits per heavy atom. The van der Waals surface area contributed by atoms with Crippen molar-refractivity contribution in [3.63, 3.8) is 0 Å². The van der Waals surface area contributed by atoms with E-state index in [2.05, 4.69) is 9.97 Å². The molecule has 0 N–H and O–H groups in total. The van der Waals surface area contributed by atoms with E-state index < -0.39 is 0 Å². The Labute approximate surface area is 110 Å². The largest absolute Gasteiger partial charge is 0.307 e. The van der Waals surface area contributed by atoms with E-state index in [0.717, 1.165) is 5.69 Å². The van der Waals surface area contributed by atoms with Gasteiger partial charge in [-0.15, -0.1) is 0 Å². The van der Waals surface area contributed by atoms with E-state index in [-0.39, 0.29) is 5.91 Å². The van der Waals surface area contributed by atoms with Crippen LogP contribution in [0.1, 0.15) is 17.3 Å². The summed E-state index contributed by atoms with van der Waals surface area (Å²) >= 11 is 5.70. The highest BCUT2D eigenvalue weighted by atomic mass is 35.5. The third kappa shape index (κ3) is 2.65. The summed E-state index contributed by atoms with van der Waals surface area (Å²) in [4.78, 5) is 21.9. The minimum absolute atomic E-state index is 0.116. The van der Waals surface area contributed by atoms with Gasteiger partial charge >= 0.3 is 0 Å². The highest BCUT2D eigenvalue weighted by Crippen LogP contribution is 2.15. The van der Waals surface area contributed by atoms with Crippen LogP contribution in [0.15, 0.2) is 42.9 Å². The van der Waals surface area contributed by atoms with Crippen molar-refractivity contribution in [1.29, 1.82) is 0 Å². The van der Waals surface area contributed by atoms with E-state index in [1.807, 2.05) is 13.0 Å². The third-order valence-electron chi connectivity index (χ3n) is 2.49. The monoisotopic (exact) mass is 261 g/mol. The molecule has 0 fully saturated rings. The van der Waals surface area contributed by atoms with Crippen LogP contribution in [0.2, 0.25) is 5.15 Å². The molecule has 4 nitrogen and oxygen atoms in total. The minimum Gasteiger partial charge on any atom is -0.307 e. The topological polar surface area (TPSA) is 46.1 Å². The van der Waals surface area contributed by atoms with Crippen molar-refractivity contribution >= 4 is 23.2 Å².